The Kier molecular flexibility index (Phi) is 4.99. The fourth-order valence-electron chi connectivity index (χ4n) is 1.65. The topological polar surface area (TPSA) is 91.0 Å². The average Bonchev–Trinajstić information content (AvgIpc) is 2.90. The van der Waals surface area contributed by atoms with Crippen LogP contribution in [0.1, 0.15) is 11.4 Å². The third-order valence-corrected chi connectivity index (χ3v) is 4.38. The van der Waals surface area contributed by atoms with Crippen LogP contribution in [0.25, 0.3) is 0 Å². The molecule has 0 aliphatic heterocycles. The van der Waals surface area contributed by atoms with Crippen LogP contribution in [0.15, 0.2) is 18.2 Å². The van der Waals surface area contributed by atoms with Crippen LogP contribution in [0.3, 0.4) is 0 Å². The summed E-state index contributed by atoms with van der Waals surface area (Å²) in [4.78, 5) is 5.76. The van der Waals surface area contributed by atoms with E-state index in [2.05, 4.69) is 19.9 Å². The first-order valence-electron chi connectivity index (χ1n) is 6.27. The van der Waals surface area contributed by atoms with Crippen molar-refractivity contribution in [3.05, 3.63) is 40.4 Å². The number of benzene rings is 1. The predicted molar refractivity (Wildman–Crippen MR) is 81.6 cm³/mol. The summed E-state index contributed by atoms with van der Waals surface area (Å²) in [5.41, 5.74) is -0.0665. The minimum atomic E-state index is -3.76. The largest absolute Gasteiger partial charge is 0.346 e. The van der Waals surface area contributed by atoms with E-state index in [-0.39, 0.29) is 17.1 Å². The van der Waals surface area contributed by atoms with Crippen molar-refractivity contribution >= 4 is 27.6 Å². The van der Waals surface area contributed by atoms with E-state index in [0.29, 0.717) is 11.8 Å². The van der Waals surface area contributed by atoms with Crippen LogP contribution in [-0.2, 0) is 22.3 Å². The van der Waals surface area contributed by atoms with Gasteiger partial charge < -0.3 is 4.90 Å². The second kappa shape index (κ2) is 6.59. The zero-order valence-corrected chi connectivity index (χ0v) is 13.5. The van der Waals surface area contributed by atoms with Gasteiger partial charge in [-0.3, -0.25) is 5.10 Å². The molecule has 0 radical (unpaired) electrons. The fourth-order valence-corrected chi connectivity index (χ4v) is 3.10. The number of anilines is 1. The second-order valence-electron chi connectivity index (χ2n) is 4.76. The third kappa shape index (κ3) is 4.15. The summed E-state index contributed by atoms with van der Waals surface area (Å²) >= 11 is 5.82. The molecule has 1 heterocycles. The molecule has 1 aromatic carbocycles. The number of halogens is 2. The van der Waals surface area contributed by atoms with Gasteiger partial charge in [0.1, 0.15) is 11.6 Å². The van der Waals surface area contributed by atoms with Gasteiger partial charge in [-0.25, -0.2) is 17.5 Å². The van der Waals surface area contributed by atoms with Gasteiger partial charge in [0, 0.05) is 24.7 Å². The molecular formula is C12H15ClFN5O2S. The number of rotatable bonds is 6. The molecule has 2 N–H and O–H groups in total. The number of nitrogens with one attached hydrogen (secondary N) is 2. The molecule has 0 atom stereocenters. The molecule has 10 heteroatoms. The van der Waals surface area contributed by atoms with Crippen molar-refractivity contribution < 1.29 is 12.8 Å². The summed E-state index contributed by atoms with van der Waals surface area (Å²) in [6.07, 6.45) is 0. The van der Waals surface area contributed by atoms with Crippen LogP contribution in [-0.4, -0.2) is 37.7 Å². The molecule has 0 aliphatic carbocycles. The first kappa shape index (κ1) is 16.7. The van der Waals surface area contributed by atoms with Crippen LogP contribution in [0.5, 0.6) is 0 Å². The number of H-pyrrole nitrogens is 1. The Hall–Kier alpha value is -1.71. The molecule has 0 saturated carbocycles. The van der Waals surface area contributed by atoms with Crippen LogP contribution < -0.4 is 9.62 Å². The zero-order chi connectivity index (χ0) is 16.3. The molecule has 2 rings (SSSR count). The molecule has 22 heavy (non-hydrogen) atoms. The smallest absolute Gasteiger partial charge is 0.244 e. The van der Waals surface area contributed by atoms with E-state index in [0.717, 1.165) is 6.07 Å². The molecule has 0 unspecified atom stereocenters. The lowest BCUT2D eigenvalue weighted by Crippen LogP contribution is -2.25. The van der Waals surface area contributed by atoms with Gasteiger partial charge in [-0.1, -0.05) is 17.7 Å². The van der Waals surface area contributed by atoms with Gasteiger partial charge in [0.05, 0.1) is 12.3 Å². The Morgan fingerprint density at radius 2 is 2.14 bits per heavy atom. The van der Waals surface area contributed by atoms with E-state index in [9.17, 15) is 12.8 Å². The van der Waals surface area contributed by atoms with Crippen molar-refractivity contribution in [2.45, 2.75) is 12.3 Å². The lowest BCUT2D eigenvalue weighted by molar-refractivity contribution is 0.572. The molecule has 1 aromatic heterocycles. The summed E-state index contributed by atoms with van der Waals surface area (Å²) in [6.45, 7) is -0.0742. The van der Waals surface area contributed by atoms with E-state index in [4.69, 9.17) is 11.6 Å². The van der Waals surface area contributed by atoms with Gasteiger partial charge in [-0.2, -0.15) is 4.98 Å². The molecular weight excluding hydrogens is 333 g/mol. The number of hydrogen-bond acceptors (Lipinski definition) is 5. The van der Waals surface area contributed by atoms with Crippen LogP contribution >= 0.6 is 11.6 Å². The number of nitrogens with zero attached hydrogens (tertiary/aromatic N) is 3. The van der Waals surface area contributed by atoms with E-state index >= 15 is 0 Å². The molecule has 0 aliphatic rings. The highest BCUT2D eigenvalue weighted by Crippen LogP contribution is 2.21. The van der Waals surface area contributed by atoms with Crippen molar-refractivity contribution in [1.29, 1.82) is 0 Å². The van der Waals surface area contributed by atoms with Gasteiger partial charge in [0.2, 0.25) is 16.0 Å². The minimum Gasteiger partial charge on any atom is -0.346 e. The average molecular weight is 348 g/mol. The standard InChI is InChI=1S/C12H15ClFN5O2S/c1-19(2)12-16-11(17-18-12)6-15-22(20,21)7-8-9(13)4-3-5-10(8)14/h3-5,15H,6-7H2,1-2H3,(H,16,17,18). The Labute approximate surface area is 132 Å². The van der Waals surface area contributed by atoms with Gasteiger partial charge in [0.25, 0.3) is 0 Å². The van der Waals surface area contributed by atoms with E-state index in [1.165, 1.54) is 12.1 Å². The van der Waals surface area contributed by atoms with Crippen molar-refractivity contribution in [1.82, 2.24) is 19.9 Å². The Morgan fingerprint density at radius 1 is 1.41 bits per heavy atom. The molecule has 0 saturated heterocycles. The maximum atomic E-state index is 13.6. The van der Waals surface area contributed by atoms with Crippen molar-refractivity contribution in [2.24, 2.45) is 0 Å². The maximum absolute atomic E-state index is 13.6. The molecule has 2 aromatic rings. The summed E-state index contributed by atoms with van der Waals surface area (Å²) in [6, 6.07) is 4.02. The summed E-state index contributed by atoms with van der Waals surface area (Å²) < 4.78 is 40.0. The highest BCUT2D eigenvalue weighted by molar-refractivity contribution is 7.88. The molecule has 7 nitrogen and oxygen atoms in total. The first-order valence-corrected chi connectivity index (χ1v) is 8.30. The third-order valence-electron chi connectivity index (χ3n) is 2.78. The summed E-state index contributed by atoms with van der Waals surface area (Å²) in [7, 11) is -0.242. The summed E-state index contributed by atoms with van der Waals surface area (Å²) in [5, 5.41) is 6.59. The van der Waals surface area contributed by atoms with E-state index in [1.807, 2.05) is 0 Å². The van der Waals surface area contributed by atoms with Gasteiger partial charge in [0.15, 0.2) is 0 Å². The van der Waals surface area contributed by atoms with Gasteiger partial charge >= 0.3 is 0 Å². The lowest BCUT2D eigenvalue weighted by Gasteiger charge is -2.08. The van der Waals surface area contributed by atoms with Crippen molar-refractivity contribution in [3.8, 4) is 0 Å². The second-order valence-corrected chi connectivity index (χ2v) is 6.97. The molecule has 0 fully saturated rings. The number of aromatic amines is 1. The summed E-state index contributed by atoms with van der Waals surface area (Å²) in [5.74, 6) is -0.418. The first-order chi connectivity index (χ1) is 10.3. The monoisotopic (exact) mass is 347 g/mol. The Morgan fingerprint density at radius 3 is 2.73 bits per heavy atom. The highest BCUT2D eigenvalue weighted by atomic mass is 35.5. The van der Waals surface area contributed by atoms with Crippen molar-refractivity contribution in [2.75, 3.05) is 19.0 Å². The number of aromatic nitrogens is 3. The Balaban J connectivity index is 2.05. The highest BCUT2D eigenvalue weighted by Gasteiger charge is 2.18. The van der Waals surface area contributed by atoms with E-state index < -0.39 is 21.6 Å². The fraction of sp³-hybridized carbons (Fsp3) is 0.333. The normalized spacial score (nSPS) is 11.6. The molecule has 0 spiro atoms. The lowest BCUT2D eigenvalue weighted by atomic mass is 10.2. The SMILES string of the molecule is CN(C)c1n[nH]c(CNS(=O)(=O)Cc2c(F)cccc2Cl)n1. The van der Waals surface area contributed by atoms with Crippen LogP contribution in [0, 0.1) is 5.82 Å². The molecule has 0 bridgehead atoms. The molecule has 0 amide bonds. The molecule has 120 valence electrons. The van der Waals surface area contributed by atoms with Crippen LogP contribution in [0.2, 0.25) is 5.02 Å². The maximum Gasteiger partial charge on any atom is 0.244 e. The van der Waals surface area contributed by atoms with Crippen molar-refractivity contribution in [3.63, 3.8) is 0 Å². The van der Waals surface area contributed by atoms with Gasteiger partial charge in [-0.15, -0.1) is 5.10 Å². The zero-order valence-electron chi connectivity index (χ0n) is 12.0. The van der Waals surface area contributed by atoms with Crippen LogP contribution in [0.4, 0.5) is 10.3 Å². The quantitative estimate of drug-likeness (QED) is 0.821. The minimum absolute atomic E-state index is 0.0665. The predicted octanol–water partition coefficient (Wildman–Crippen LogP) is 1.28. The number of hydrogen-bond donors (Lipinski definition) is 2. The Bertz CT molecular complexity index is 742. The number of sulfonamides is 1. The van der Waals surface area contributed by atoms with Gasteiger partial charge in [-0.05, 0) is 12.1 Å². The van der Waals surface area contributed by atoms with E-state index in [1.54, 1.807) is 19.0 Å².